The van der Waals surface area contributed by atoms with Crippen LogP contribution in [0, 0.1) is 18.6 Å². The number of hydrogen-bond donors (Lipinski definition) is 1. The van der Waals surface area contributed by atoms with Crippen molar-refractivity contribution in [2.75, 3.05) is 0 Å². The molecule has 5 heteroatoms. The third-order valence-electron chi connectivity index (χ3n) is 2.65. The molecule has 0 spiro atoms. The second kappa shape index (κ2) is 5.18. The van der Waals surface area contributed by atoms with Gasteiger partial charge >= 0.3 is 0 Å². The molecule has 18 heavy (non-hydrogen) atoms. The van der Waals surface area contributed by atoms with E-state index in [-0.39, 0.29) is 12.0 Å². The lowest BCUT2D eigenvalue weighted by Gasteiger charge is -2.12. The van der Waals surface area contributed by atoms with Crippen LogP contribution in [0.4, 0.5) is 8.78 Å². The molecule has 1 heterocycles. The van der Waals surface area contributed by atoms with Crippen LogP contribution < -0.4 is 5.73 Å². The van der Waals surface area contributed by atoms with Crippen LogP contribution in [0.3, 0.4) is 0 Å². The molecule has 0 fully saturated rings. The Kier molecular flexibility index (Phi) is 3.62. The Morgan fingerprint density at radius 2 is 2.06 bits per heavy atom. The summed E-state index contributed by atoms with van der Waals surface area (Å²) in [7, 11) is 0. The molecule has 3 nitrogen and oxygen atoms in total. The topological polar surface area (TPSA) is 51.8 Å². The lowest BCUT2D eigenvalue weighted by atomic mass is 10.0. The molecule has 0 saturated carbocycles. The molecule has 2 N–H and O–H groups in total. The van der Waals surface area contributed by atoms with E-state index in [0.717, 1.165) is 6.07 Å². The minimum Gasteiger partial charge on any atom is -0.322 e. The number of aromatic nitrogens is 2. The maximum atomic E-state index is 13.5. The SMILES string of the molecule is Cc1nccc(C(N)Cc2cccc(F)c2F)n1. The van der Waals surface area contributed by atoms with Gasteiger partial charge in [-0.3, -0.25) is 0 Å². The van der Waals surface area contributed by atoms with Crippen molar-refractivity contribution in [3.8, 4) is 0 Å². The van der Waals surface area contributed by atoms with E-state index in [9.17, 15) is 8.78 Å². The van der Waals surface area contributed by atoms with Crippen molar-refractivity contribution in [2.45, 2.75) is 19.4 Å². The highest BCUT2D eigenvalue weighted by molar-refractivity contribution is 5.22. The minimum atomic E-state index is -0.862. The van der Waals surface area contributed by atoms with Crippen LogP contribution in [0.25, 0.3) is 0 Å². The average Bonchev–Trinajstić information content (AvgIpc) is 2.35. The molecule has 1 aromatic carbocycles. The number of halogens is 2. The standard InChI is InChI=1S/C13H13F2N3/c1-8-17-6-5-12(18-8)11(16)7-9-3-2-4-10(14)13(9)15/h2-6,11H,7,16H2,1H3. The Bertz CT molecular complexity index is 558. The third kappa shape index (κ3) is 2.68. The fraction of sp³-hybridized carbons (Fsp3) is 0.231. The van der Waals surface area contributed by atoms with Gasteiger partial charge in [-0.1, -0.05) is 12.1 Å². The van der Waals surface area contributed by atoms with Crippen LogP contribution in [0.15, 0.2) is 30.5 Å². The van der Waals surface area contributed by atoms with Gasteiger partial charge in [0.2, 0.25) is 0 Å². The fourth-order valence-corrected chi connectivity index (χ4v) is 1.73. The van der Waals surface area contributed by atoms with Crippen molar-refractivity contribution in [3.05, 3.63) is 59.2 Å². The van der Waals surface area contributed by atoms with Crippen LogP contribution in [0.2, 0.25) is 0 Å². The van der Waals surface area contributed by atoms with Crippen LogP contribution in [0.1, 0.15) is 23.1 Å². The first-order valence-corrected chi connectivity index (χ1v) is 5.56. The predicted molar refractivity (Wildman–Crippen MR) is 63.8 cm³/mol. The molecular formula is C13H13F2N3. The quantitative estimate of drug-likeness (QED) is 0.908. The summed E-state index contributed by atoms with van der Waals surface area (Å²) in [6.07, 6.45) is 1.79. The second-order valence-electron chi connectivity index (χ2n) is 4.05. The summed E-state index contributed by atoms with van der Waals surface area (Å²) in [5.41, 5.74) is 6.80. The van der Waals surface area contributed by atoms with Crippen LogP contribution in [-0.2, 0) is 6.42 Å². The van der Waals surface area contributed by atoms with E-state index >= 15 is 0 Å². The zero-order valence-corrected chi connectivity index (χ0v) is 9.90. The predicted octanol–water partition coefficient (Wildman–Crippen LogP) is 2.31. The molecule has 2 rings (SSSR count). The van der Waals surface area contributed by atoms with Crippen molar-refractivity contribution in [3.63, 3.8) is 0 Å². The Balaban J connectivity index is 2.21. The normalized spacial score (nSPS) is 12.4. The van der Waals surface area contributed by atoms with Gasteiger partial charge in [0.25, 0.3) is 0 Å². The van der Waals surface area contributed by atoms with Crippen molar-refractivity contribution in [1.29, 1.82) is 0 Å². The first-order chi connectivity index (χ1) is 8.58. The molecule has 0 aliphatic carbocycles. The zero-order valence-electron chi connectivity index (χ0n) is 9.90. The molecule has 0 amide bonds. The Labute approximate surface area is 104 Å². The van der Waals surface area contributed by atoms with E-state index < -0.39 is 17.7 Å². The second-order valence-corrected chi connectivity index (χ2v) is 4.05. The lowest BCUT2D eigenvalue weighted by molar-refractivity contribution is 0.493. The van der Waals surface area contributed by atoms with Crippen molar-refractivity contribution < 1.29 is 8.78 Å². The molecule has 2 aromatic rings. The van der Waals surface area contributed by atoms with Crippen molar-refractivity contribution in [2.24, 2.45) is 5.73 Å². The summed E-state index contributed by atoms with van der Waals surface area (Å²) in [5, 5.41) is 0. The fourth-order valence-electron chi connectivity index (χ4n) is 1.73. The number of aryl methyl sites for hydroxylation is 1. The van der Waals surface area contributed by atoms with Gasteiger partial charge in [0.15, 0.2) is 11.6 Å². The monoisotopic (exact) mass is 249 g/mol. The van der Waals surface area contributed by atoms with Crippen LogP contribution in [-0.4, -0.2) is 9.97 Å². The Hall–Kier alpha value is -1.88. The summed E-state index contributed by atoms with van der Waals surface area (Å²) >= 11 is 0. The van der Waals surface area contributed by atoms with Gasteiger partial charge in [0, 0.05) is 6.20 Å². The number of hydrogen-bond acceptors (Lipinski definition) is 3. The molecule has 0 saturated heterocycles. The smallest absolute Gasteiger partial charge is 0.162 e. The van der Waals surface area contributed by atoms with Gasteiger partial charge in [-0.2, -0.15) is 0 Å². The highest BCUT2D eigenvalue weighted by Crippen LogP contribution is 2.18. The van der Waals surface area contributed by atoms with E-state index in [0.29, 0.717) is 11.5 Å². The highest BCUT2D eigenvalue weighted by Gasteiger charge is 2.14. The molecule has 94 valence electrons. The highest BCUT2D eigenvalue weighted by atomic mass is 19.2. The van der Waals surface area contributed by atoms with Crippen molar-refractivity contribution in [1.82, 2.24) is 9.97 Å². The van der Waals surface area contributed by atoms with Gasteiger partial charge in [0.05, 0.1) is 11.7 Å². The summed E-state index contributed by atoms with van der Waals surface area (Å²) in [5.74, 6) is -1.11. The van der Waals surface area contributed by atoms with Crippen molar-refractivity contribution >= 4 is 0 Å². The summed E-state index contributed by atoms with van der Waals surface area (Å²) < 4.78 is 26.5. The van der Waals surface area contributed by atoms with E-state index in [2.05, 4.69) is 9.97 Å². The molecule has 1 atom stereocenters. The third-order valence-corrected chi connectivity index (χ3v) is 2.65. The number of nitrogens with two attached hydrogens (primary N) is 1. The molecule has 0 bridgehead atoms. The molecule has 0 radical (unpaired) electrons. The van der Waals surface area contributed by atoms with E-state index in [1.54, 1.807) is 19.2 Å². The van der Waals surface area contributed by atoms with Gasteiger partial charge in [-0.05, 0) is 31.0 Å². The number of benzene rings is 1. The molecule has 1 unspecified atom stereocenters. The molecule has 0 aliphatic heterocycles. The Morgan fingerprint density at radius 3 is 2.78 bits per heavy atom. The average molecular weight is 249 g/mol. The van der Waals surface area contributed by atoms with Gasteiger partial charge in [0.1, 0.15) is 5.82 Å². The number of rotatable bonds is 3. The van der Waals surface area contributed by atoms with E-state index in [1.807, 2.05) is 0 Å². The van der Waals surface area contributed by atoms with Crippen LogP contribution in [0.5, 0.6) is 0 Å². The molecular weight excluding hydrogens is 236 g/mol. The summed E-state index contributed by atoms with van der Waals surface area (Å²) in [6, 6.07) is 5.26. The first-order valence-electron chi connectivity index (χ1n) is 5.56. The molecule has 0 aliphatic rings. The van der Waals surface area contributed by atoms with E-state index in [4.69, 9.17) is 5.73 Å². The summed E-state index contributed by atoms with van der Waals surface area (Å²) in [4.78, 5) is 8.13. The largest absolute Gasteiger partial charge is 0.322 e. The maximum absolute atomic E-state index is 13.5. The van der Waals surface area contributed by atoms with E-state index in [1.165, 1.54) is 12.1 Å². The van der Waals surface area contributed by atoms with Gasteiger partial charge in [-0.25, -0.2) is 18.7 Å². The van der Waals surface area contributed by atoms with Gasteiger partial charge < -0.3 is 5.73 Å². The maximum Gasteiger partial charge on any atom is 0.162 e. The Morgan fingerprint density at radius 1 is 1.28 bits per heavy atom. The van der Waals surface area contributed by atoms with Gasteiger partial charge in [-0.15, -0.1) is 0 Å². The summed E-state index contributed by atoms with van der Waals surface area (Å²) in [6.45, 7) is 1.75. The van der Waals surface area contributed by atoms with Crippen LogP contribution >= 0.6 is 0 Å². The minimum absolute atomic E-state index is 0.194. The lowest BCUT2D eigenvalue weighted by Crippen LogP contribution is -2.16. The first kappa shape index (κ1) is 12.6. The molecule has 1 aromatic heterocycles. The number of nitrogens with zero attached hydrogens (tertiary/aromatic N) is 2. The zero-order chi connectivity index (χ0) is 13.1.